The third-order valence-corrected chi connectivity index (χ3v) is 8.40. The zero-order valence-electron chi connectivity index (χ0n) is 22.0. The van der Waals surface area contributed by atoms with Gasteiger partial charge in [0, 0.05) is 39.5 Å². The molecule has 4 aromatic heterocycles. The summed E-state index contributed by atoms with van der Waals surface area (Å²) in [5.74, 6) is 0.805. The summed E-state index contributed by atoms with van der Waals surface area (Å²) in [6, 6.07) is 6.86. The van der Waals surface area contributed by atoms with E-state index in [4.69, 9.17) is 14.5 Å². The predicted molar refractivity (Wildman–Crippen MR) is 144 cm³/mol. The fraction of sp³-hybridized carbons (Fsp3) is 0.400. The van der Waals surface area contributed by atoms with Gasteiger partial charge in [0.2, 0.25) is 15.9 Å². The number of H-pyrrole nitrogens is 1. The third kappa shape index (κ3) is 5.28. The van der Waals surface area contributed by atoms with Gasteiger partial charge in [0.1, 0.15) is 22.8 Å². The molecule has 13 nitrogen and oxygen atoms in total. The van der Waals surface area contributed by atoms with Crippen LogP contribution in [0.4, 0.5) is 0 Å². The Labute approximate surface area is 225 Å². The number of piperazine rings is 1. The lowest BCUT2D eigenvalue weighted by atomic mass is 10.2. The zero-order chi connectivity index (χ0) is 27.6. The van der Waals surface area contributed by atoms with Crippen LogP contribution >= 0.6 is 0 Å². The van der Waals surface area contributed by atoms with Crippen molar-refractivity contribution in [1.29, 1.82) is 0 Å². The second-order valence-electron chi connectivity index (χ2n) is 9.08. The number of ether oxygens (including phenoxy) is 2. The molecule has 1 fully saturated rings. The van der Waals surface area contributed by atoms with E-state index in [1.165, 1.54) is 16.6 Å². The Morgan fingerprint density at radius 1 is 1.08 bits per heavy atom. The summed E-state index contributed by atoms with van der Waals surface area (Å²) >= 11 is 0. The van der Waals surface area contributed by atoms with E-state index < -0.39 is 15.6 Å². The second-order valence-corrected chi connectivity index (χ2v) is 11.0. The van der Waals surface area contributed by atoms with Crippen LogP contribution < -0.4 is 10.3 Å². The molecule has 0 amide bonds. The van der Waals surface area contributed by atoms with Gasteiger partial charge in [-0.25, -0.2) is 28.1 Å². The van der Waals surface area contributed by atoms with E-state index in [-0.39, 0.29) is 34.3 Å². The number of rotatable bonds is 9. The number of sulfonamides is 1. The molecule has 0 saturated carbocycles. The molecule has 1 aliphatic rings. The number of fused-ring (bicyclic) bond motifs is 1. The molecule has 0 aliphatic carbocycles. The topological polar surface area (TPSA) is 148 Å². The summed E-state index contributed by atoms with van der Waals surface area (Å²) in [7, 11) is -0.339. The first-order valence-electron chi connectivity index (χ1n) is 12.6. The highest BCUT2D eigenvalue weighted by Crippen LogP contribution is 2.30. The van der Waals surface area contributed by atoms with Gasteiger partial charge in [-0.2, -0.15) is 9.40 Å². The van der Waals surface area contributed by atoms with Crippen LogP contribution in [0.3, 0.4) is 0 Å². The molecule has 0 aromatic carbocycles. The smallest absolute Gasteiger partial charge is 0.279 e. The maximum atomic E-state index is 13.5. The van der Waals surface area contributed by atoms with E-state index in [0.29, 0.717) is 56.2 Å². The average molecular weight is 555 g/mol. The van der Waals surface area contributed by atoms with Crippen LogP contribution in [0.1, 0.15) is 12.6 Å². The standard InChI is InChI=1S/C25H30N8O5S/c1-4-19-21-22(30-33(19)20-7-5-6-8-26-20)24(34)29-23(28-21)18-15-17(16-27-25(18)38-14-13-37-3)39(35,36)32-11-9-31(2)10-12-32/h5-8,15-16H,4,9-14H2,1-3H3,(H,28,29,34). The van der Waals surface area contributed by atoms with Crippen molar-refractivity contribution in [3.05, 3.63) is 52.7 Å². The first-order valence-corrected chi connectivity index (χ1v) is 14.0. The minimum atomic E-state index is -3.84. The number of aryl methyl sites for hydroxylation is 1. The molecule has 0 spiro atoms. The van der Waals surface area contributed by atoms with Crippen LogP contribution in [0.5, 0.6) is 5.88 Å². The fourth-order valence-electron chi connectivity index (χ4n) is 4.39. The summed E-state index contributed by atoms with van der Waals surface area (Å²) in [5.41, 5.74) is 0.990. The minimum absolute atomic E-state index is 0.0104. The Bertz CT molecular complexity index is 1630. The van der Waals surface area contributed by atoms with E-state index >= 15 is 0 Å². The Kier molecular flexibility index (Phi) is 7.70. The summed E-state index contributed by atoms with van der Waals surface area (Å²) < 4.78 is 40.9. The molecular formula is C25H30N8O5S. The molecular weight excluding hydrogens is 524 g/mol. The number of aromatic amines is 1. The van der Waals surface area contributed by atoms with Crippen LogP contribution in [0.25, 0.3) is 28.2 Å². The molecule has 1 aliphatic heterocycles. The summed E-state index contributed by atoms with van der Waals surface area (Å²) in [6.07, 6.45) is 3.44. The lowest BCUT2D eigenvalue weighted by Crippen LogP contribution is -2.47. The van der Waals surface area contributed by atoms with Gasteiger partial charge in [0.05, 0.1) is 24.1 Å². The van der Waals surface area contributed by atoms with Crippen molar-refractivity contribution >= 4 is 21.1 Å². The number of nitrogens with one attached hydrogen (secondary N) is 1. The van der Waals surface area contributed by atoms with Gasteiger partial charge in [-0.1, -0.05) is 13.0 Å². The van der Waals surface area contributed by atoms with Crippen molar-refractivity contribution in [3.8, 4) is 23.1 Å². The number of pyridine rings is 2. The molecule has 39 heavy (non-hydrogen) atoms. The number of hydrogen-bond acceptors (Lipinski definition) is 10. The molecule has 4 aromatic rings. The predicted octanol–water partition coefficient (Wildman–Crippen LogP) is 1.09. The molecule has 14 heteroatoms. The zero-order valence-corrected chi connectivity index (χ0v) is 22.8. The molecule has 5 rings (SSSR count). The monoisotopic (exact) mass is 554 g/mol. The molecule has 1 N–H and O–H groups in total. The maximum Gasteiger partial charge on any atom is 0.279 e. The van der Waals surface area contributed by atoms with Gasteiger partial charge in [0.25, 0.3) is 5.56 Å². The van der Waals surface area contributed by atoms with Crippen LogP contribution in [-0.2, 0) is 21.2 Å². The highest BCUT2D eigenvalue weighted by molar-refractivity contribution is 7.89. The lowest BCUT2D eigenvalue weighted by Gasteiger charge is -2.31. The van der Waals surface area contributed by atoms with E-state index in [9.17, 15) is 13.2 Å². The summed E-state index contributed by atoms with van der Waals surface area (Å²) in [6.45, 7) is 4.39. The number of methoxy groups -OCH3 is 1. The van der Waals surface area contributed by atoms with E-state index in [0.717, 1.165) is 0 Å². The first kappa shape index (κ1) is 26.9. The van der Waals surface area contributed by atoms with Crippen molar-refractivity contribution in [2.45, 2.75) is 18.2 Å². The Hall–Kier alpha value is -3.72. The van der Waals surface area contributed by atoms with Gasteiger partial charge in [-0.3, -0.25) is 4.79 Å². The van der Waals surface area contributed by atoms with Crippen molar-refractivity contribution < 1.29 is 17.9 Å². The van der Waals surface area contributed by atoms with Crippen LogP contribution in [0, 0.1) is 0 Å². The van der Waals surface area contributed by atoms with E-state index in [2.05, 4.69) is 25.0 Å². The van der Waals surface area contributed by atoms with Gasteiger partial charge in [-0.15, -0.1) is 0 Å². The molecule has 5 heterocycles. The van der Waals surface area contributed by atoms with Crippen LogP contribution in [-0.4, -0.2) is 101 Å². The van der Waals surface area contributed by atoms with Crippen molar-refractivity contribution in [1.82, 2.24) is 38.9 Å². The quantitative estimate of drug-likeness (QED) is 0.298. The van der Waals surface area contributed by atoms with Gasteiger partial charge < -0.3 is 19.4 Å². The van der Waals surface area contributed by atoms with Crippen molar-refractivity contribution in [3.63, 3.8) is 0 Å². The van der Waals surface area contributed by atoms with Gasteiger partial charge in [-0.05, 0) is 31.7 Å². The number of hydrogen-bond donors (Lipinski definition) is 1. The normalized spacial score (nSPS) is 15.2. The Balaban J connectivity index is 1.64. The highest BCUT2D eigenvalue weighted by Gasteiger charge is 2.29. The second kappa shape index (κ2) is 11.2. The van der Waals surface area contributed by atoms with Crippen molar-refractivity contribution in [2.24, 2.45) is 0 Å². The largest absolute Gasteiger partial charge is 0.475 e. The average Bonchev–Trinajstić information content (AvgIpc) is 3.33. The van der Waals surface area contributed by atoms with Crippen LogP contribution in [0.2, 0.25) is 0 Å². The molecule has 206 valence electrons. The Morgan fingerprint density at radius 3 is 2.56 bits per heavy atom. The molecule has 0 radical (unpaired) electrons. The van der Waals surface area contributed by atoms with Crippen LogP contribution in [0.15, 0.2) is 46.3 Å². The molecule has 0 atom stereocenters. The minimum Gasteiger partial charge on any atom is -0.475 e. The Morgan fingerprint density at radius 2 is 1.87 bits per heavy atom. The fourth-order valence-corrected chi connectivity index (χ4v) is 5.79. The van der Waals surface area contributed by atoms with E-state index in [1.54, 1.807) is 30.1 Å². The van der Waals surface area contributed by atoms with Gasteiger partial charge in [0.15, 0.2) is 11.3 Å². The molecule has 0 bridgehead atoms. The molecule has 1 saturated heterocycles. The maximum absolute atomic E-state index is 13.5. The number of likely N-dealkylation sites (N-methyl/N-ethyl adjacent to an activating group) is 1. The van der Waals surface area contributed by atoms with Crippen molar-refractivity contribution in [2.75, 3.05) is 53.6 Å². The first-order chi connectivity index (χ1) is 18.8. The number of nitrogens with zero attached hydrogens (tertiary/aromatic N) is 7. The highest BCUT2D eigenvalue weighted by atomic mass is 32.2. The van der Waals surface area contributed by atoms with E-state index in [1.807, 2.05) is 20.0 Å². The van der Waals surface area contributed by atoms with Gasteiger partial charge >= 0.3 is 0 Å². The number of aromatic nitrogens is 6. The molecule has 0 unspecified atom stereocenters. The lowest BCUT2D eigenvalue weighted by molar-refractivity contribution is 0.144. The summed E-state index contributed by atoms with van der Waals surface area (Å²) in [4.78, 5) is 31.4. The summed E-state index contributed by atoms with van der Waals surface area (Å²) in [5, 5.41) is 4.47. The SMILES string of the molecule is CCc1c2nc(-c3cc(S(=O)(=O)N4CCN(C)CC4)cnc3OCCOC)[nH]c(=O)c2nn1-c1ccccn1. The third-order valence-electron chi connectivity index (χ3n) is 6.53.